The van der Waals surface area contributed by atoms with Gasteiger partial charge in [-0.2, -0.15) is 0 Å². The molecule has 0 aliphatic heterocycles. The molecule has 0 fully saturated rings. The van der Waals surface area contributed by atoms with Gasteiger partial charge in [-0.1, -0.05) is 17.7 Å². The van der Waals surface area contributed by atoms with E-state index in [4.69, 9.17) is 0 Å². The standard InChI is InChI=1S/C16H20N4O/c1-5-17-14-7-6-13(19-20-14)16(21)18-15-11(3)8-10(2)9-12(15)4/h6-9H,5H2,1-4H3,(H,17,20)(H,18,21). The second-order valence-electron chi connectivity index (χ2n) is 5.06. The fraction of sp³-hybridized carbons (Fsp3) is 0.312. The van der Waals surface area contributed by atoms with Crippen molar-refractivity contribution in [1.29, 1.82) is 0 Å². The number of anilines is 2. The summed E-state index contributed by atoms with van der Waals surface area (Å²) in [5, 5.41) is 13.9. The third kappa shape index (κ3) is 3.56. The predicted molar refractivity (Wildman–Crippen MR) is 84.8 cm³/mol. The molecular weight excluding hydrogens is 264 g/mol. The van der Waals surface area contributed by atoms with E-state index in [-0.39, 0.29) is 5.91 Å². The topological polar surface area (TPSA) is 66.9 Å². The van der Waals surface area contributed by atoms with E-state index in [1.165, 1.54) is 5.56 Å². The van der Waals surface area contributed by atoms with Crippen molar-refractivity contribution in [3.63, 3.8) is 0 Å². The number of carbonyl (C=O) groups is 1. The highest BCUT2D eigenvalue weighted by atomic mass is 16.1. The van der Waals surface area contributed by atoms with Gasteiger partial charge < -0.3 is 10.6 Å². The largest absolute Gasteiger partial charge is 0.369 e. The molecule has 0 aliphatic rings. The Labute approximate surface area is 124 Å². The van der Waals surface area contributed by atoms with E-state index in [1.54, 1.807) is 12.1 Å². The third-order valence-corrected chi connectivity index (χ3v) is 3.17. The maximum Gasteiger partial charge on any atom is 0.276 e. The molecule has 1 aromatic carbocycles. The van der Waals surface area contributed by atoms with Crippen LogP contribution in [-0.2, 0) is 0 Å². The number of carbonyl (C=O) groups excluding carboxylic acids is 1. The highest BCUT2D eigenvalue weighted by molar-refractivity contribution is 6.03. The Morgan fingerprint density at radius 1 is 1.10 bits per heavy atom. The van der Waals surface area contributed by atoms with Gasteiger partial charge in [0.15, 0.2) is 5.69 Å². The Bertz CT molecular complexity index is 627. The smallest absolute Gasteiger partial charge is 0.276 e. The Morgan fingerprint density at radius 3 is 2.29 bits per heavy atom. The Hall–Kier alpha value is -2.43. The molecule has 21 heavy (non-hydrogen) atoms. The van der Waals surface area contributed by atoms with E-state index in [2.05, 4.69) is 20.8 Å². The summed E-state index contributed by atoms with van der Waals surface area (Å²) < 4.78 is 0. The van der Waals surface area contributed by atoms with Gasteiger partial charge in [0.25, 0.3) is 5.91 Å². The maximum atomic E-state index is 12.2. The van der Waals surface area contributed by atoms with E-state index in [0.717, 1.165) is 23.4 Å². The summed E-state index contributed by atoms with van der Waals surface area (Å²) in [7, 11) is 0. The number of aryl methyl sites for hydroxylation is 3. The summed E-state index contributed by atoms with van der Waals surface area (Å²) in [4.78, 5) is 12.2. The Kier molecular flexibility index (Phi) is 4.52. The first kappa shape index (κ1) is 15.0. The lowest BCUT2D eigenvalue weighted by molar-refractivity contribution is 0.102. The summed E-state index contributed by atoms with van der Waals surface area (Å²) in [5.41, 5.74) is 4.40. The van der Waals surface area contributed by atoms with Gasteiger partial charge in [-0.05, 0) is 51.0 Å². The summed E-state index contributed by atoms with van der Waals surface area (Å²) in [6.07, 6.45) is 0. The van der Waals surface area contributed by atoms with Gasteiger partial charge in [0.05, 0.1) is 0 Å². The zero-order chi connectivity index (χ0) is 15.4. The molecule has 110 valence electrons. The lowest BCUT2D eigenvalue weighted by atomic mass is 10.1. The minimum absolute atomic E-state index is 0.249. The number of benzene rings is 1. The maximum absolute atomic E-state index is 12.2. The van der Waals surface area contributed by atoms with Crippen LogP contribution in [0, 0.1) is 20.8 Å². The van der Waals surface area contributed by atoms with E-state index in [0.29, 0.717) is 11.5 Å². The molecule has 5 nitrogen and oxygen atoms in total. The second-order valence-corrected chi connectivity index (χ2v) is 5.06. The van der Waals surface area contributed by atoms with Crippen LogP contribution < -0.4 is 10.6 Å². The third-order valence-electron chi connectivity index (χ3n) is 3.17. The van der Waals surface area contributed by atoms with Crippen molar-refractivity contribution in [2.24, 2.45) is 0 Å². The van der Waals surface area contributed by atoms with E-state index >= 15 is 0 Å². The average molecular weight is 284 g/mol. The van der Waals surface area contributed by atoms with Crippen LogP contribution in [0.1, 0.15) is 34.1 Å². The van der Waals surface area contributed by atoms with Gasteiger partial charge in [0.1, 0.15) is 5.82 Å². The van der Waals surface area contributed by atoms with Crippen LogP contribution in [0.2, 0.25) is 0 Å². The normalized spacial score (nSPS) is 10.3. The number of aromatic nitrogens is 2. The second kappa shape index (κ2) is 6.35. The van der Waals surface area contributed by atoms with Crippen molar-refractivity contribution < 1.29 is 4.79 Å². The average Bonchev–Trinajstić information content (AvgIpc) is 2.43. The highest BCUT2D eigenvalue weighted by Crippen LogP contribution is 2.22. The number of hydrogen-bond donors (Lipinski definition) is 2. The summed E-state index contributed by atoms with van der Waals surface area (Å²) >= 11 is 0. The Morgan fingerprint density at radius 2 is 1.76 bits per heavy atom. The minimum Gasteiger partial charge on any atom is -0.369 e. The van der Waals surface area contributed by atoms with Gasteiger partial charge in [0, 0.05) is 12.2 Å². The van der Waals surface area contributed by atoms with Gasteiger partial charge >= 0.3 is 0 Å². The first-order chi connectivity index (χ1) is 10.0. The molecule has 2 aromatic rings. The highest BCUT2D eigenvalue weighted by Gasteiger charge is 2.12. The molecule has 1 amide bonds. The zero-order valence-electron chi connectivity index (χ0n) is 12.8. The van der Waals surface area contributed by atoms with E-state index in [1.807, 2.05) is 39.8 Å². The molecule has 0 saturated heterocycles. The molecular formula is C16H20N4O. The molecule has 2 N–H and O–H groups in total. The van der Waals surface area contributed by atoms with Crippen LogP contribution in [0.3, 0.4) is 0 Å². The van der Waals surface area contributed by atoms with Gasteiger partial charge in [-0.25, -0.2) is 0 Å². The molecule has 1 heterocycles. The first-order valence-corrected chi connectivity index (χ1v) is 6.98. The van der Waals surface area contributed by atoms with Gasteiger partial charge in [-0.15, -0.1) is 10.2 Å². The molecule has 0 spiro atoms. The molecule has 0 radical (unpaired) electrons. The molecule has 0 atom stereocenters. The summed E-state index contributed by atoms with van der Waals surface area (Å²) in [6, 6.07) is 7.50. The molecule has 5 heteroatoms. The van der Waals surface area contributed by atoms with Crippen LogP contribution in [0.25, 0.3) is 0 Å². The van der Waals surface area contributed by atoms with Crippen molar-refractivity contribution in [3.05, 3.63) is 46.6 Å². The number of nitrogens with zero attached hydrogens (tertiary/aromatic N) is 2. The van der Waals surface area contributed by atoms with Crippen LogP contribution in [0.5, 0.6) is 0 Å². The lowest BCUT2D eigenvalue weighted by Gasteiger charge is -2.12. The quantitative estimate of drug-likeness (QED) is 0.905. The molecule has 0 bridgehead atoms. The van der Waals surface area contributed by atoms with Crippen molar-refractivity contribution in [1.82, 2.24) is 10.2 Å². The molecule has 0 aliphatic carbocycles. The molecule has 0 saturated carbocycles. The lowest BCUT2D eigenvalue weighted by Crippen LogP contribution is -2.16. The van der Waals surface area contributed by atoms with Crippen molar-refractivity contribution in [2.45, 2.75) is 27.7 Å². The molecule has 0 unspecified atom stereocenters. The minimum atomic E-state index is -0.249. The van der Waals surface area contributed by atoms with Crippen molar-refractivity contribution >= 4 is 17.4 Å². The summed E-state index contributed by atoms with van der Waals surface area (Å²) in [6.45, 7) is 8.74. The zero-order valence-corrected chi connectivity index (χ0v) is 12.8. The SMILES string of the molecule is CCNc1ccc(C(=O)Nc2c(C)cc(C)cc2C)nn1. The van der Waals surface area contributed by atoms with Gasteiger partial charge in [-0.3, -0.25) is 4.79 Å². The fourth-order valence-corrected chi connectivity index (χ4v) is 2.28. The number of hydrogen-bond acceptors (Lipinski definition) is 4. The predicted octanol–water partition coefficient (Wildman–Crippen LogP) is 3.09. The fourth-order valence-electron chi connectivity index (χ4n) is 2.28. The molecule has 2 rings (SSSR count). The molecule has 1 aromatic heterocycles. The summed E-state index contributed by atoms with van der Waals surface area (Å²) in [5.74, 6) is 0.414. The van der Waals surface area contributed by atoms with E-state index in [9.17, 15) is 4.79 Å². The van der Waals surface area contributed by atoms with Crippen molar-refractivity contribution in [3.8, 4) is 0 Å². The number of nitrogens with one attached hydrogen (secondary N) is 2. The van der Waals surface area contributed by atoms with Crippen molar-refractivity contribution in [2.75, 3.05) is 17.2 Å². The van der Waals surface area contributed by atoms with Crippen LogP contribution in [0.15, 0.2) is 24.3 Å². The first-order valence-electron chi connectivity index (χ1n) is 6.98. The van der Waals surface area contributed by atoms with Crippen LogP contribution in [-0.4, -0.2) is 22.6 Å². The Balaban J connectivity index is 2.18. The van der Waals surface area contributed by atoms with Gasteiger partial charge in [0.2, 0.25) is 0 Å². The monoisotopic (exact) mass is 284 g/mol. The van der Waals surface area contributed by atoms with Crippen LogP contribution in [0.4, 0.5) is 11.5 Å². The van der Waals surface area contributed by atoms with E-state index < -0.39 is 0 Å². The number of rotatable bonds is 4. The number of amides is 1. The van der Waals surface area contributed by atoms with Crippen LogP contribution >= 0.6 is 0 Å².